The molecular formula is C14H24F9NSi. The summed E-state index contributed by atoms with van der Waals surface area (Å²) in [5.74, 6) is 0. The molecule has 0 aliphatic carbocycles. The second kappa shape index (κ2) is 8.96. The van der Waals surface area contributed by atoms with Gasteiger partial charge in [0.15, 0.2) is 0 Å². The van der Waals surface area contributed by atoms with Crippen LogP contribution in [0.5, 0.6) is 0 Å². The van der Waals surface area contributed by atoms with Gasteiger partial charge in [-0.2, -0.15) is 39.5 Å². The highest BCUT2D eigenvalue weighted by atomic mass is 28.3. The highest BCUT2D eigenvalue weighted by Gasteiger charge is 2.47. The van der Waals surface area contributed by atoms with Crippen LogP contribution in [0.15, 0.2) is 0 Å². The zero-order valence-electron chi connectivity index (χ0n) is 14.4. The van der Waals surface area contributed by atoms with E-state index in [0.717, 1.165) is 0 Å². The van der Waals surface area contributed by atoms with Crippen LogP contribution in [0.1, 0.15) is 40.0 Å². The minimum Gasteiger partial charge on any atom is -0.321 e. The molecule has 0 aromatic rings. The van der Waals surface area contributed by atoms with Crippen LogP contribution in [0, 0.1) is 0 Å². The summed E-state index contributed by atoms with van der Waals surface area (Å²) in [7, 11) is -3.64. The summed E-state index contributed by atoms with van der Waals surface area (Å²) in [5.41, 5.74) is 0. The Balaban J connectivity index is 5.72. The van der Waals surface area contributed by atoms with E-state index in [0.29, 0.717) is 0 Å². The van der Waals surface area contributed by atoms with Gasteiger partial charge in [-0.3, -0.25) is 0 Å². The van der Waals surface area contributed by atoms with Crippen LogP contribution in [0.25, 0.3) is 0 Å². The molecule has 0 saturated carbocycles. The quantitative estimate of drug-likeness (QED) is 0.312. The van der Waals surface area contributed by atoms with E-state index in [1.54, 1.807) is 20.8 Å². The summed E-state index contributed by atoms with van der Waals surface area (Å²) in [5, 5.41) is 0. The monoisotopic (exact) mass is 405 g/mol. The van der Waals surface area contributed by atoms with Gasteiger partial charge in [-0.05, 0) is 30.7 Å². The smallest absolute Gasteiger partial charge is 0.321 e. The first kappa shape index (κ1) is 24.5. The predicted octanol–water partition coefficient (Wildman–Crippen LogP) is 6.52. The summed E-state index contributed by atoms with van der Waals surface area (Å²) < 4.78 is 115. The van der Waals surface area contributed by atoms with Crippen LogP contribution in [-0.2, 0) is 0 Å². The van der Waals surface area contributed by atoms with E-state index >= 15 is 0 Å². The van der Waals surface area contributed by atoms with Gasteiger partial charge in [-0.15, -0.1) is 0 Å². The number of hydrogen-bond donors (Lipinski definition) is 0. The molecule has 1 nitrogen and oxygen atoms in total. The van der Waals surface area contributed by atoms with Gasteiger partial charge in [0, 0.05) is 19.3 Å². The average molecular weight is 405 g/mol. The van der Waals surface area contributed by atoms with Gasteiger partial charge < -0.3 is 4.57 Å². The van der Waals surface area contributed by atoms with E-state index in [9.17, 15) is 39.5 Å². The second-order valence-corrected chi connectivity index (χ2v) is 11.0. The Hall–Kier alpha value is -0.453. The molecule has 0 rings (SSSR count). The lowest BCUT2D eigenvalue weighted by atomic mass is 10.4. The third-order valence-corrected chi connectivity index (χ3v) is 9.79. The molecule has 0 spiro atoms. The first-order valence-corrected chi connectivity index (χ1v) is 10.6. The minimum absolute atomic E-state index is 0.122. The third kappa shape index (κ3) is 10.3. The molecule has 0 radical (unpaired) electrons. The molecule has 0 heterocycles. The maximum atomic E-state index is 12.7. The summed E-state index contributed by atoms with van der Waals surface area (Å²) >= 11 is 0. The molecule has 0 saturated heterocycles. The molecule has 11 heteroatoms. The summed E-state index contributed by atoms with van der Waals surface area (Å²) in [6.45, 7) is 4.84. The minimum atomic E-state index is -4.62. The van der Waals surface area contributed by atoms with Gasteiger partial charge >= 0.3 is 18.5 Å². The first-order chi connectivity index (χ1) is 11.0. The largest absolute Gasteiger partial charge is 0.388 e. The van der Waals surface area contributed by atoms with Gasteiger partial charge in [0.25, 0.3) is 0 Å². The van der Waals surface area contributed by atoms with Crippen molar-refractivity contribution in [1.82, 2.24) is 4.57 Å². The maximum absolute atomic E-state index is 12.7. The number of alkyl halides is 9. The predicted molar refractivity (Wildman–Crippen MR) is 79.7 cm³/mol. The van der Waals surface area contributed by atoms with Crippen LogP contribution < -0.4 is 0 Å². The highest BCUT2D eigenvalue weighted by molar-refractivity contribution is 6.77. The number of rotatable bonds is 9. The van der Waals surface area contributed by atoms with Gasteiger partial charge in [0.1, 0.15) is 8.24 Å². The van der Waals surface area contributed by atoms with Crippen molar-refractivity contribution in [1.29, 1.82) is 0 Å². The lowest BCUT2D eigenvalue weighted by Gasteiger charge is -2.45. The van der Waals surface area contributed by atoms with Crippen molar-refractivity contribution in [3.63, 3.8) is 0 Å². The van der Waals surface area contributed by atoms with Crippen molar-refractivity contribution in [2.24, 2.45) is 0 Å². The molecular weight excluding hydrogens is 381 g/mol. The van der Waals surface area contributed by atoms with Crippen molar-refractivity contribution in [3.8, 4) is 0 Å². The standard InChI is InChI=1S/C14H24F9NSi/c1-4-24(11(2)3)25(8-5-12(15,16)17,9-6-13(18,19)20)10-7-14(21,22)23/h11H,4-10H2,1-3H3. The molecule has 152 valence electrons. The fourth-order valence-corrected chi connectivity index (χ4v) is 8.80. The van der Waals surface area contributed by atoms with E-state index in [2.05, 4.69) is 0 Å². The van der Waals surface area contributed by atoms with Gasteiger partial charge in [-0.1, -0.05) is 20.8 Å². The Labute approximate surface area is 142 Å². The lowest BCUT2D eigenvalue weighted by Crippen LogP contribution is -2.57. The van der Waals surface area contributed by atoms with Gasteiger partial charge in [-0.25, -0.2) is 0 Å². The van der Waals surface area contributed by atoms with Crippen LogP contribution in [0.3, 0.4) is 0 Å². The average Bonchev–Trinajstić information content (AvgIpc) is 2.37. The topological polar surface area (TPSA) is 3.24 Å². The molecule has 0 bridgehead atoms. The summed E-state index contributed by atoms with van der Waals surface area (Å²) in [6, 6.07) is -2.40. The molecule has 25 heavy (non-hydrogen) atoms. The highest BCUT2D eigenvalue weighted by Crippen LogP contribution is 2.40. The molecule has 0 N–H and O–H groups in total. The van der Waals surface area contributed by atoms with E-state index in [1.165, 1.54) is 4.57 Å². The fraction of sp³-hybridized carbons (Fsp3) is 1.00. The zero-order valence-corrected chi connectivity index (χ0v) is 15.4. The van der Waals surface area contributed by atoms with Crippen LogP contribution in [-0.4, -0.2) is 43.9 Å². The van der Waals surface area contributed by atoms with E-state index < -0.39 is 70.2 Å². The number of nitrogens with zero attached hydrogens (tertiary/aromatic N) is 1. The van der Waals surface area contributed by atoms with Crippen molar-refractivity contribution in [2.45, 2.75) is 82.7 Å². The number of halogens is 9. The second-order valence-electron chi connectivity index (χ2n) is 6.45. The molecule has 0 fully saturated rings. The van der Waals surface area contributed by atoms with E-state index in [-0.39, 0.29) is 6.54 Å². The Morgan fingerprint density at radius 1 is 0.680 bits per heavy atom. The van der Waals surface area contributed by atoms with E-state index in [4.69, 9.17) is 0 Å². The Morgan fingerprint density at radius 3 is 1.12 bits per heavy atom. The Morgan fingerprint density at radius 2 is 0.960 bits per heavy atom. The Bertz CT molecular complexity index is 342. The molecule has 0 unspecified atom stereocenters. The molecule has 0 aromatic heterocycles. The molecule has 0 aliphatic rings. The fourth-order valence-electron chi connectivity index (χ4n) is 3.18. The number of hydrogen-bond acceptors (Lipinski definition) is 1. The van der Waals surface area contributed by atoms with Crippen LogP contribution >= 0.6 is 0 Å². The van der Waals surface area contributed by atoms with Gasteiger partial charge in [0.2, 0.25) is 0 Å². The third-order valence-electron chi connectivity index (χ3n) is 4.19. The van der Waals surface area contributed by atoms with Crippen LogP contribution in [0.2, 0.25) is 18.1 Å². The van der Waals surface area contributed by atoms with Crippen molar-refractivity contribution in [3.05, 3.63) is 0 Å². The zero-order chi connectivity index (χ0) is 20.1. The van der Waals surface area contributed by atoms with Gasteiger partial charge in [0.05, 0.1) is 0 Å². The maximum Gasteiger partial charge on any atom is 0.388 e. The molecule has 0 aliphatic heterocycles. The van der Waals surface area contributed by atoms with Crippen molar-refractivity contribution < 1.29 is 39.5 Å². The normalized spacial score (nSPS) is 14.6. The first-order valence-electron chi connectivity index (χ1n) is 7.98. The Kier molecular flexibility index (Phi) is 8.80. The van der Waals surface area contributed by atoms with E-state index in [1.807, 2.05) is 0 Å². The summed E-state index contributed by atoms with van der Waals surface area (Å²) in [6.07, 6.45) is -17.9. The van der Waals surface area contributed by atoms with Crippen molar-refractivity contribution in [2.75, 3.05) is 6.54 Å². The molecule has 0 atom stereocenters. The van der Waals surface area contributed by atoms with Crippen LogP contribution in [0.4, 0.5) is 39.5 Å². The SMILES string of the molecule is CCN(C(C)C)[Si](CCC(F)(F)F)(CCC(F)(F)F)CCC(F)(F)F. The van der Waals surface area contributed by atoms with Crippen molar-refractivity contribution >= 4 is 8.24 Å². The summed E-state index contributed by atoms with van der Waals surface area (Å²) in [4.78, 5) is 0. The lowest BCUT2D eigenvalue weighted by molar-refractivity contribution is -0.133. The molecule has 0 aromatic carbocycles. The molecule has 0 amide bonds.